The lowest BCUT2D eigenvalue weighted by Crippen LogP contribution is -2.50. The number of allylic oxidation sites excluding steroid dienone is 2. The third kappa shape index (κ3) is 21.1. The summed E-state index contributed by atoms with van der Waals surface area (Å²) in [6.45, 7) is 4.50. The molecule has 38 heavy (non-hydrogen) atoms. The molecule has 1 N–H and O–H groups in total. The van der Waals surface area contributed by atoms with E-state index in [0.717, 1.165) is 64.2 Å². The first-order valence-corrected chi connectivity index (χ1v) is 14.7. The molecule has 0 rings (SSSR count). The van der Waals surface area contributed by atoms with E-state index in [-0.39, 0.29) is 36.2 Å². The molecule has 0 aliphatic rings. The number of likely N-dealkylation sites (N-methyl/N-ethyl adjacent to an activating group) is 1. The lowest BCUT2D eigenvalue weighted by atomic mass is 10.1. The summed E-state index contributed by atoms with van der Waals surface area (Å²) in [6.07, 6.45) is 17.3. The number of hydrogen-bond donors (Lipinski definition) is 1. The summed E-state index contributed by atoms with van der Waals surface area (Å²) in [4.78, 5) is 36.1. The van der Waals surface area contributed by atoms with Crippen molar-refractivity contribution in [2.75, 3.05) is 41.0 Å². The fraction of sp³-hybridized carbons (Fsp3) is 0.833. The molecule has 0 aliphatic heterocycles. The van der Waals surface area contributed by atoms with E-state index in [1.54, 1.807) is 0 Å². The zero-order valence-corrected chi connectivity index (χ0v) is 24.9. The number of carbonyl (C=O) groups excluding carboxylic acids is 2. The van der Waals surface area contributed by atoms with Gasteiger partial charge in [0.2, 0.25) is 0 Å². The van der Waals surface area contributed by atoms with Crippen LogP contribution in [0.4, 0.5) is 0 Å². The molecule has 0 heterocycles. The minimum Gasteiger partial charge on any atom is -0.477 e. The molecule has 8 nitrogen and oxygen atoms in total. The van der Waals surface area contributed by atoms with E-state index in [4.69, 9.17) is 14.2 Å². The Balaban J connectivity index is 4.50. The third-order valence-electron chi connectivity index (χ3n) is 6.40. The first kappa shape index (κ1) is 36.1. The highest BCUT2D eigenvalue weighted by Crippen LogP contribution is 2.12. The van der Waals surface area contributed by atoms with Crippen molar-refractivity contribution in [1.82, 2.24) is 0 Å². The van der Waals surface area contributed by atoms with Crippen LogP contribution in [0, 0.1) is 0 Å². The molecule has 0 fully saturated rings. The van der Waals surface area contributed by atoms with Crippen molar-refractivity contribution in [2.24, 2.45) is 0 Å². The van der Waals surface area contributed by atoms with Gasteiger partial charge in [-0.25, -0.2) is 4.79 Å². The van der Waals surface area contributed by atoms with E-state index in [9.17, 15) is 19.5 Å². The fourth-order valence-corrected chi connectivity index (χ4v) is 4.03. The number of hydrogen-bond acceptors (Lipinski definition) is 6. The van der Waals surface area contributed by atoms with Gasteiger partial charge < -0.3 is 23.8 Å². The Kier molecular flexibility index (Phi) is 21.8. The molecule has 0 amide bonds. The molecule has 8 heteroatoms. The molecule has 0 spiro atoms. The van der Waals surface area contributed by atoms with Crippen LogP contribution in [0.1, 0.15) is 110 Å². The zero-order valence-electron chi connectivity index (χ0n) is 24.9. The number of esters is 2. The molecular formula is C30H56NO7+. The van der Waals surface area contributed by atoms with Gasteiger partial charge in [0.25, 0.3) is 0 Å². The summed E-state index contributed by atoms with van der Waals surface area (Å²) in [7, 11) is 5.48. The minimum absolute atomic E-state index is 0.0540. The number of carboxylic acids is 1. The third-order valence-corrected chi connectivity index (χ3v) is 6.40. The Labute approximate surface area is 231 Å². The van der Waals surface area contributed by atoms with Crippen LogP contribution in [-0.4, -0.2) is 80.6 Å². The average Bonchev–Trinajstić information content (AvgIpc) is 2.84. The maximum atomic E-state index is 12.4. The van der Waals surface area contributed by atoms with E-state index < -0.39 is 18.1 Å². The van der Waals surface area contributed by atoms with Crippen LogP contribution in [0.5, 0.6) is 0 Å². The topological polar surface area (TPSA) is 99.1 Å². The molecule has 0 aliphatic carbocycles. The van der Waals surface area contributed by atoms with E-state index in [1.165, 1.54) is 12.8 Å². The van der Waals surface area contributed by atoms with Crippen molar-refractivity contribution in [2.45, 2.75) is 122 Å². The van der Waals surface area contributed by atoms with Crippen LogP contribution in [0.2, 0.25) is 0 Å². The summed E-state index contributed by atoms with van der Waals surface area (Å²) in [6, 6.07) is -0.607. The maximum Gasteiger partial charge on any atom is 0.362 e. The number of rotatable bonds is 25. The molecule has 0 saturated heterocycles. The van der Waals surface area contributed by atoms with Crippen molar-refractivity contribution in [3.05, 3.63) is 12.2 Å². The highest BCUT2D eigenvalue weighted by atomic mass is 16.6. The normalized spacial score (nSPS) is 13.4. The van der Waals surface area contributed by atoms with Gasteiger partial charge in [0, 0.05) is 19.3 Å². The summed E-state index contributed by atoms with van der Waals surface area (Å²) in [5.41, 5.74) is 0. The van der Waals surface area contributed by atoms with Crippen LogP contribution in [0.3, 0.4) is 0 Å². The molecule has 2 unspecified atom stereocenters. The van der Waals surface area contributed by atoms with Crippen LogP contribution in [-0.2, 0) is 28.6 Å². The lowest BCUT2D eigenvalue weighted by molar-refractivity contribution is -0.887. The first-order valence-electron chi connectivity index (χ1n) is 14.7. The molecule has 0 aromatic heterocycles. The number of carboxylic acid groups (broad SMARTS) is 1. The molecule has 222 valence electrons. The number of ether oxygens (including phenoxy) is 3. The second-order valence-corrected chi connectivity index (χ2v) is 11.0. The molecule has 0 aromatic carbocycles. The summed E-state index contributed by atoms with van der Waals surface area (Å²) in [5, 5.41) is 9.48. The Hall–Kier alpha value is -1.93. The Morgan fingerprint density at radius 1 is 0.763 bits per heavy atom. The summed E-state index contributed by atoms with van der Waals surface area (Å²) >= 11 is 0. The number of carbonyl (C=O) groups is 3. The van der Waals surface area contributed by atoms with Crippen molar-refractivity contribution in [3.63, 3.8) is 0 Å². The van der Waals surface area contributed by atoms with Gasteiger partial charge in [-0.3, -0.25) is 9.59 Å². The summed E-state index contributed by atoms with van der Waals surface area (Å²) in [5.74, 6) is -1.51. The molecule has 0 bridgehead atoms. The average molecular weight is 543 g/mol. The Morgan fingerprint density at radius 2 is 1.37 bits per heavy atom. The second-order valence-electron chi connectivity index (χ2n) is 11.0. The van der Waals surface area contributed by atoms with Crippen LogP contribution in [0.25, 0.3) is 0 Å². The van der Waals surface area contributed by atoms with Gasteiger partial charge in [0.1, 0.15) is 6.61 Å². The van der Waals surface area contributed by atoms with Gasteiger partial charge in [-0.1, -0.05) is 70.9 Å². The fourth-order valence-electron chi connectivity index (χ4n) is 4.03. The highest BCUT2D eigenvalue weighted by molar-refractivity contribution is 5.72. The highest BCUT2D eigenvalue weighted by Gasteiger charge is 2.31. The first-order chi connectivity index (χ1) is 18.1. The molecule has 0 saturated carbocycles. The van der Waals surface area contributed by atoms with Crippen LogP contribution >= 0.6 is 0 Å². The largest absolute Gasteiger partial charge is 0.477 e. The maximum absolute atomic E-state index is 12.4. The van der Waals surface area contributed by atoms with Gasteiger partial charge >= 0.3 is 17.9 Å². The zero-order chi connectivity index (χ0) is 28.7. The van der Waals surface area contributed by atoms with Crippen molar-refractivity contribution < 1.29 is 38.2 Å². The number of nitrogens with zero attached hydrogens (tertiary/aromatic N) is 1. The van der Waals surface area contributed by atoms with Crippen molar-refractivity contribution >= 4 is 17.9 Å². The second kappa shape index (κ2) is 23.0. The summed E-state index contributed by atoms with van der Waals surface area (Å²) < 4.78 is 16.9. The lowest BCUT2D eigenvalue weighted by Gasteiger charge is -2.31. The van der Waals surface area contributed by atoms with Crippen molar-refractivity contribution in [1.29, 1.82) is 0 Å². The SMILES string of the molecule is CCC/C=C\CCCCCCCC(=O)OC(COCCC(C(=O)O)[N+](C)(C)C)COC(=O)CCCCCC. The monoisotopic (exact) mass is 542 g/mol. The van der Waals surface area contributed by atoms with E-state index in [2.05, 4.69) is 26.0 Å². The molecule has 0 radical (unpaired) electrons. The predicted octanol–water partition coefficient (Wildman–Crippen LogP) is 6.06. The Bertz CT molecular complexity index is 657. The van der Waals surface area contributed by atoms with Gasteiger partial charge in [0.15, 0.2) is 12.1 Å². The molecular weight excluding hydrogens is 486 g/mol. The number of aliphatic carboxylic acids is 1. The van der Waals surface area contributed by atoms with E-state index in [0.29, 0.717) is 19.3 Å². The standard InChI is InChI=1S/C30H55NO7/c1-6-8-10-12-13-14-15-16-17-19-21-29(33)38-26(25-37-28(32)20-18-11-9-7-2)24-36-23-22-27(30(34)35)31(3,4)5/h10,12,26-27H,6-9,11,13-25H2,1-5H3/p+1/b12-10-. The van der Waals surface area contributed by atoms with Crippen molar-refractivity contribution in [3.8, 4) is 0 Å². The van der Waals surface area contributed by atoms with Crippen LogP contribution < -0.4 is 0 Å². The van der Waals surface area contributed by atoms with E-state index >= 15 is 0 Å². The predicted molar refractivity (Wildman–Crippen MR) is 151 cm³/mol. The smallest absolute Gasteiger partial charge is 0.362 e. The van der Waals surface area contributed by atoms with Gasteiger partial charge in [-0.15, -0.1) is 0 Å². The number of quaternary nitrogens is 1. The molecule has 0 aromatic rings. The van der Waals surface area contributed by atoms with Gasteiger partial charge in [0.05, 0.1) is 34.4 Å². The van der Waals surface area contributed by atoms with Gasteiger partial charge in [-0.05, 0) is 32.1 Å². The quantitative estimate of drug-likeness (QED) is 0.0647. The van der Waals surface area contributed by atoms with Crippen LogP contribution in [0.15, 0.2) is 12.2 Å². The Morgan fingerprint density at radius 3 is 2.00 bits per heavy atom. The minimum atomic E-state index is -0.881. The molecule has 2 atom stereocenters. The van der Waals surface area contributed by atoms with E-state index in [1.807, 2.05) is 21.1 Å². The number of unbranched alkanes of at least 4 members (excludes halogenated alkanes) is 9. The van der Waals surface area contributed by atoms with Gasteiger partial charge in [-0.2, -0.15) is 0 Å².